The highest BCUT2D eigenvalue weighted by Crippen LogP contribution is 2.49. The van der Waals surface area contributed by atoms with E-state index in [2.05, 4.69) is 0 Å². The first-order valence-electron chi connectivity index (χ1n) is 8.32. The Hall–Kier alpha value is -2.38. The summed E-state index contributed by atoms with van der Waals surface area (Å²) in [5.74, 6) is -6.28. The molecule has 0 N–H and O–H groups in total. The standard InChI is InChI=1S/C18H24N2O6/c1-15(2)11(23)19(12(24)16(15,3)4)9(21)10(22)20-13(25)17(5,6)18(7,8)14(20)26/h1-8H3. The maximum Gasteiger partial charge on any atom is 0.326 e. The minimum Gasteiger partial charge on any atom is -0.273 e. The quantitative estimate of drug-likeness (QED) is 0.466. The molecule has 0 atom stereocenters. The molecule has 8 heteroatoms. The summed E-state index contributed by atoms with van der Waals surface area (Å²) < 4.78 is 0. The zero-order chi connectivity index (χ0) is 20.6. The van der Waals surface area contributed by atoms with Crippen LogP contribution in [0, 0.1) is 21.7 Å². The summed E-state index contributed by atoms with van der Waals surface area (Å²) in [5.41, 5.74) is -4.84. The second-order valence-corrected chi connectivity index (χ2v) is 9.00. The van der Waals surface area contributed by atoms with E-state index >= 15 is 0 Å². The summed E-state index contributed by atoms with van der Waals surface area (Å²) >= 11 is 0. The van der Waals surface area contributed by atoms with Crippen molar-refractivity contribution in [1.29, 1.82) is 0 Å². The van der Waals surface area contributed by atoms with Crippen molar-refractivity contribution in [3.63, 3.8) is 0 Å². The predicted octanol–water partition coefficient (Wildman–Crippen LogP) is 0.882. The fourth-order valence-electron chi connectivity index (χ4n) is 2.93. The molecule has 0 unspecified atom stereocenters. The van der Waals surface area contributed by atoms with Gasteiger partial charge in [0, 0.05) is 0 Å². The van der Waals surface area contributed by atoms with Gasteiger partial charge in [0.2, 0.25) is 23.6 Å². The van der Waals surface area contributed by atoms with Gasteiger partial charge in [-0.15, -0.1) is 0 Å². The smallest absolute Gasteiger partial charge is 0.273 e. The number of hydrogen-bond donors (Lipinski definition) is 0. The second kappa shape index (κ2) is 5.08. The molecule has 0 aliphatic carbocycles. The highest BCUT2D eigenvalue weighted by atomic mass is 16.2. The molecule has 0 bridgehead atoms. The summed E-state index contributed by atoms with van der Waals surface area (Å²) in [4.78, 5) is 76.1. The molecule has 6 amide bonds. The number of amides is 6. The maximum atomic E-state index is 12.6. The minimum absolute atomic E-state index is 0.265. The van der Waals surface area contributed by atoms with Gasteiger partial charge in [0.15, 0.2) is 0 Å². The van der Waals surface area contributed by atoms with Gasteiger partial charge >= 0.3 is 11.8 Å². The SMILES string of the molecule is CC1(C)C(=O)N(C(=O)C(=O)N2C(=O)C(C)(C)C(C)(C)C2=O)C(=O)C1(C)C. The maximum absolute atomic E-state index is 12.6. The molecular formula is C18H24N2O6. The number of carbonyl (C=O) groups excluding carboxylic acids is 6. The Labute approximate surface area is 151 Å². The molecule has 2 fully saturated rings. The lowest BCUT2D eigenvalue weighted by atomic mass is 9.70. The van der Waals surface area contributed by atoms with Crippen molar-refractivity contribution in [1.82, 2.24) is 9.80 Å². The number of rotatable bonds is 0. The van der Waals surface area contributed by atoms with Crippen LogP contribution in [0.3, 0.4) is 0 Å². The number of carbonyl (C=O) groups is 6. The van der Waals surface area contributed by atoms with E-state index in [0.29, 0.717) is 0 Å². The molecule has 2 heterocycles. The predicted molar refractivity (Wildman–Crippen MR) is 88.8 cm³/mol. The largest absolute Gasteiger partial charge is 0.326 e. The van der Waals surface area contributed by atoms with Crippen LogP contribution >= 0.6 is 0 Å². The van der Waals surface area contributed by atoms with E-state index in [-0.39, 0.29) is 9.80 Å². The Morgan fingerprint density at radius 3 is 0.808 bits per heavy atom. The Kier molecular flexibility index (Phi) is 3.90. The van der Waals surface area contributed by atoms with Crippen molar-refractivity contribution >= 4 is 35.4 Å². The number of nitrogens with zero attached hydrogens (tertiary/aromatic N) is 2. The van der Waals surface area contributed by atoms with Crippen molar-refractivity contribution in [2.75, 3.05) is 0 Å². The average Bonchev–Trinajstić information content (AvgIpc) is 2.71. The Morgan fingerprint density at radius 2 is 0.654 bits per heavy atom. The van der Waals surface area contributed by atoms with Gasteiger partial charge in [0.1, 0.15) is 0 Å². The average molecular weight is 364 g/mol. The van der Waals surface area contributed by atoms with Gasteiger partial charge in [-0.05, 0) is 55.4 Å². The molecule has 0 radical (unpaired) electrons. The van der Waals surface area contributed by atoms with Crippen molar-refractivity contribution in [2.45, 2.75) is 55.4 Å². The molecule has 2 aliphatic heterocycles. The molecule has 142 valence electrons. The third-order valence-corrected chi connectivity index (χ3v) is 6.67. The molecule has 8 nitrogen and oxygen atoms in total. The number of hydrogen-bond acceptors (Lipinski definition) is 6. The van der Waals surface area contributed by atoms with Crippen LogP contribution in [0.1, 0.15) is 55.4 Å². The van der Waals surface area contributed by atoms with Gasteiger partial charge in [-0.3, -0.25) is 28.8 Å². The Bertz CT molecular complexity index is 670. The monoisotopic (exact) mass is 364 g/mol. The number of likely N-dealkylation sites (tertiary alicyclic amines) is 2. The highest BCUT2D eigenvalue weighted by molar-refractivity contribution is 6.48. The first-order valence-corrected chi connectivity index (χ1v) is 8.32. The molecule has 0 aromatic carbocycles. The van der Waals surface area contributed by atoms with Gasteiger partial charge < -0.3 is 0 Å². The summed E-state index contributed by atoms with van der Waals surface area (Å²) in [6.07, 6.45) is 0. The molecule has 0 saturated carbocycles. The summed E-state index contributed by atoms with van der Waals surface area (Å²) in [6, 6.07) is 0. The molecule has 0 spiro atoms. The van der Waals surface area contributed by atoms with Gasteiger partial charge in [0.05, 0.1) is 21.7 Å². The zero-order valence-electron chi connectivity index (χ0n) is 16.3. The van der Waals surface area contributed by atoms with Crippen LogP contribution in [0.5, 0.6) is 0 Å². The third-order valence-electron chi connectivity index (χ3n) is 6.67. The van der Waals surface area contributed by atoms with E-state index in [1.54, 1.807) is 0 Å². The molecule has 0 aromatic rings. The van der Waals surface area contributed by atoms with E-state index in [4.69, 9.17) is 0 Å². The lowest BCUT2D eigenvalue weighted by molar-refractivity contribution is -0.165. The van der Waals surface area contributed by atoms with Gasteiger partial charge in [-0.1, -0.05) is 0 Å². The van der Waals surface area contributed by atoms with Crippen molar-refractivity contribution in [3.05, 3.63) is 0 Å². The lowest BCUT2D eigenvalue weighted by Crippen LogP contribution is -2.51. The van der Waals surface area contributed by atoms with Crippen LogP contribution in [0.4, 0.5) is 0 Å². The molecule has 2 rings (SSSR count). The highest BCUT2D eigenvalue weighted by Gasteiger charge is 2.65. The molecule has 26 heavy (non-hydrogen) atoms. The lowest BCUT2D eigenvalue weighted by Gasteiger charge is -2.28. The van der Waals surface area contributed by atoms with E-state index in [9.17, 15) is 28.8 Å². The summed E-state index contributed by atoms with van der Waals surface area (Å²) in [7, 11) is 0. The Balaban J connectivity index is 2.45. The fourth-order valence-corrected chi connectivity index (χ4v) is 2.93. The van der Waals surface area contributed by atoms with Crippen molar-refractivity contribution < 1.29 is 28.8 Å². The molecule has 0 aromatic heterocycles. The van der Waals surface area contributed by atoms with Crippen LogP contribution in [-0.4, -0.2) is 45.2 Å². The van der Waals surface area contributed by atoms with E-state index < -0.39 is 57.1 Å². The molecular weight excluding hydrogens is 340 g/mol. The molecule has 2 saturated heterocycles. The van der Waals surface area contributed by atoms with Crippen LogP contribution in [0.15, 0.2) is 0 Å². The summed E-state index contributed by atoms with van der Waals surface area (Å²) in [5, 5.41) is 0. The van der Waals surface area contributed by atoms with Gasteiger partial charge in [-0.2, -0.15) is 0 Å². The topological polar surface area (TPSA) is 109 Å². The normalized spacial score (nSPS) is 25.8. The van der Waals surface area contributed by atoms with Crippen LogP contribution < -0.4 is 0 Å². The number of imide groups is 6. The first-order chi connectivity index (χ1) is 11.5. The van der Waals surface area contributed by atoms with Crippen LogP contribution in [0.2, 0.25) is 0 Å². The van der Waals surface area contributed by atoms with Crippen LogP contribution in [0.25, 0.3) is 0 Å². The van der Waals surface area contributed by atoms with Crippen molar-refractivity contribution in [3.8, 4) is 0 Å². The van der Waals surface area contributed by atoms with Crippen LogP contribution in [-0.2, 0) is 28.8 Å². The second-order valence-electron chi connectivity index (χ2n) is 9.00. The third kappa shape index (κ3) is 2.01. The van der Waals surface area contributed by atoms with E-state index in [0.717, 1.165) is 0 Å². The fraction of sp³-hybridized carbons (Fsp3) is 0.667. The van der Waals surface area contributed by atoms with E-state index in [1.807, 2.05) is 0 Å². The van der Waals surface area contributed by atoms with Gasteiger partial charge in [0.25, 0.3) is 0 Å². The van der Waals surface area contributed by atoms with Gasteiger partial charge in [-0.25, -0.2) is 9.80 Å². The molecule has 2 aliphatic rings. The summed E-state index contributed by atoms with van der Waals surface area (Å²) in [6.45, 7) is 12.0. The first kappa shape index (κ1) is 19.9. The van der Waals surface area contributed by atoms with Crippen molar-refractivity contribution in [2.24, 2.45) is 21.7 Å². The Morgan fingerprint density at radius 1 is 0.500 bits per heavy atom. The van der Waals surface area contributed by atoms with E-state index in [1.165, 1.54) is 55.4 Å². The minimum atomic E-state index is -1.48. The zero-order valence-corrected chi connectivity index (χ0v) is 16.3.